The Bertz CT molecular complexity index is 1560. The molecule has 0 radical (unpaired) electrons. The van der Waals surface area contributed by atoms with E-state index in [2.05, 4.69) is 27.9 Å². The van der Waals surface area contributed by atoms with Crippen LogP contribution >= 0.6 is 23.4 Å². The van der Waals surface area contributed by atoms with E-state index in [-0.39, 0.29) is 5.91 Å². The van der Waals surface area contributed by atoms with Crippen molar-refractivity contribution in [3.8, 4) is 17.2 Å². The molecular weight excluding hydrogens is 530 g/mol. The Morgan fingerprint density at radius 3 is 2.38 bits per heavy atom. The van der Waals surface area contributed by atoms with Crippen LogP contribution in [0.2, 0.25) is 5.02 Å². The van der Waals surface area contributed by atoms with Crippen LogP contribution in [0.4, 0.5) is 5.69 Å². The number of aliphatic imine (C=N–C) groups is 1. The quantitative estimate of drug-likeness (QED) is 0.226. The molecule has 1 N–H and O–H groups in total. The molecule has 1 aliphatic rings. The van der Waals surface area contributed by atoms with Gasteiger partial charge in [-0.2, -0.15) is 0 Å². The van der Waals surface area contributed by atoms with Gasteiger partial charge in [-0.15, -0.1) is 0 Å². The largest absolute Gasteiger partial charge is 0.494 e. The van der Waals surface area contributed by atoms with Crippen molar-refractivity contribution >= 4 is 46.2 Å². The topological polar surface area (TPSA) is 64.8 Å². The number of carbonyl (C=O) groups excluding carboxylic acids is 1. The van der Waals surface area contributed by atoms with Crippen molar-refractivity contribution in [3.05, 3.63) is 111 Å². The van der Waals surface area contributed by atoms with Crippen molar-refractivity contribution in [2.45, 2.75) is 27.4 Å². The summed E-state index contributed by atoms with van der Waals surface area (Å²) in [5.41, 5.74) is 5.79. The summed E-state index contributed by atoms with van der Waals surface area (Å²) in [7, 11) is 0. The number of nitrogens with one attached hydrogen (secondary N) is 1. The van der Waals surface area contributed by atoms with E-state index in [0.717, 1.165) is 45.4 Å². The average molecular weight is 558 g/mol. The van der Waals surface area contributed by atoms with E-state index in [0.29, 0.717) is 28.3 Å². The lowest BCUT2D eigenvalue weighted by atomic mass is 10.2. The predicted octanol–water partition coefficient (Wildman–Crippen LogP) is 7.62. The molecule has 5 rings (SSSR count). The van der Waals surface area contributed by atoms with Crippen LogP contribution in [-0.2, 0) is 11.4 Å². The highest BCUT2D eigenvalue weighted by Gasteiger charge is 2.24. The third-order valence-corrected chi connectivity index (χ3v) is 7.51. The van der Waals surface area contributed by atoms with Crippen LogP contribution < -0.4 is 14.8 Å². The number of benzene rings is 3. The van der Waals surface area contributed by atoms with Gasteiger partial charge in [0.15, 0.2) is 5.17 Å². The van der Waals surface area contributed by atoms with Crippen molar-refractivity contribution < 1.29 is 14.3 Å². The highest BCUT2D eigenvalue weighted by Crippen LogP contribution is 2.31. The van der Waals surface area contributed by atoms with Gasteiger partial charge in [-0.05, 0) is 105 Å². The zero-order valence-electron chi connectivity index (χ0n) is 21.9. The fraction of sp³-hybridized carbons (Fsp3) is 0.161. The van der Waals surface area contributed by atoms with Crippen LogP contribution in [0.5, 0.6) is 11.5 Å². The van der Waals surface area contributed by atoms with Gasteiger partial charge >= 0.3 is 0 Å². The first-order valence-electron chi connectivity index (χ1n) is 12.6. The number of carbonyl (C=O) groups is 1. The number of hydrogen-bond acceptors (Lipinski definition) is 5. The molecule has 0 saturated carbocycles. The standard InChI is InChI=1S/C31H28ClN3O3S/c1-4-37-26-13-9-24(10-14-26)33-31-34-30(36)29(39-31)18-23-17-20(2)35(21(23)3)25-11-15-27(16-12-25)38-19-22-7-5-6-8-28(22)32/h5-18H,4,19H2,1-3H3,(H,33,34,36)/b29-18+. The van der Waals surface area contributed by atoms with E-state index in [9.17, 15) is 4.79 Å². The Kier molecular flexibility index (Phi) is 8.10. The molecule has 0 unspecified atom stereocenters. The van der Waals surface area contributed by atoms with E-state index in [1.807, 2.05) is 92.7 Å². The molecule has 0 aliphatic carbocycles. The van der Waals surface area contributed by atoms with Crippen LogP contribution in [-0.4, -0.2) is 22.2 Å². The number of nitrogens with zero attached hydrogens (tertiary/aromatic N) is 2. The molecule has 198 valence electrons. The number of halogens is 1. The minimum Gasteiger partial charge on any atom is -0.494 e. The van der Waals surface area contributed by atoms with Gasteiger partial charge in [0.1, 0.15) is 18.1 Å². The maximum atomic E-state index is 12.7. The molecule has 1 fully saturated rings. The van der Waals surface area contributed by atoms with Gasteiger partial charge in [-0.1, -0.05) is 29.8 Å². The number of aryl methyl sites for hydroxylation is 1. The summed E-state index contributed by atoms with van der Waals surface area (Å²) >= 11 is 7.57. The van der Waals surface area contributed by atoms with Gasteiger partial charge in [-0.3, -0.25) is 4.79 Å². The highest BCUT2D eigenvalue weighted by atomic mass is 35.5. The first kappa shape index (κ1) is 26.7. The lowest BCUT2D eigenvalue weighted by Crippen LogP contribution is -2.19. The maximum Gasteiger partial charge on any atom is 0.264 e. The van der Waals surface area contributed by atoms with E-state index in [1.165, 1.54) is 11.8 Å². The zero-order valence-corrected chi connectivity index (χ0v) is 23.5. The molecule has 1 aliphatic heterocycles. The third kappa shape index (κ3) is 6.21. The smallest absolute Gasteiger partial charge is 0.264 e. The summed E-state index contributed by atoms with van der Waals surface area (Å²) in [6.07, 6.45) is 1.92. The molecule has 39 heavy (non-hydrogen) atoms. The van der Waals surface area contributed by atoms with Crippen molar-refractivity contribution in [2.24, 2.45) is 4.99 Å². The number of aromatic nitrogens is 1. The lowest BCUT2D eigenvalue weighted by molar-refractivity contribution is -0.115. The minimum atomic E-state index is -0.158. The molecule has 0 atom stereocenters. The summed E-state index contributed by atoms with van der Waals surface area (Å²) in [4.78, 5) is 17.9. The molecule has 3 aromatic carbocycles. The number of ether oxygens (including phenoxy) is 2. The van der Waals surface area contributed by atoms with E-state index >= 15 is 0 Å². The van der Waals surface area contributed by atoms with Crippen molar-refractivity contribution in [3.63, 3.8) is 0 Å². The van der Waals surface area contributed by atoms with Crippen LogP contribution in [0.15, 0.2) is 88.8 Å². The molecule has 1 amide bonds. The number of thioether (sulfide) groups is 1. The van der Waals surface area contributed by atoms with Gasteiger partial charge in [0, 0.05) is 27.7 Å². The SMILES string of the molecule is CCOc1ccc(N=C2NC(=O)/C(=C\c3cc(C)n(-c4ccc(OCc5ccccc5Cl)cc4)c3C)S2)cc1. The maximum absolute atomic E-state index is 12.7. The Balaban J connectivity index is 1.30. The summed E-state index contributed by atoms with van der Waals surface area (Å²) in [5, 5.41) is 4.11. The first-order valence-corrected chi connectivity index (χ1v) is 13.8. The second kappa shape index (κ2) is 11.8. The van der Waals surface area contributed by atoms with Gasteiger partial charge in [0.2, 0.25) is 0 Å². The number of amides is 1. The van der Waals surface area contributed by atoms with Crippen molar-refractivity contribution in [1.29, 1.82) is 0 Å². The Hall–Kier alpha value is -3.94. The van der Waals surface area contributed by atoms with Crippen LogP contribution in [0.25, 0.3) is 11.8 Å². The average Bonchev–Trinajstić information content (AvgIpc) is 3.42. The van der Waals surface area contributed by atoms with Gasteiger partial charge in [0.05, 0.1) is 17.2 Å². The van der Waals surface area contributed by atoms with Gasteiger partial charge in [0.25, 0.3) is 5.91 Å². The van der Waals surface area contributed by atoms with Crippen molar-refractivity contribution in [1.82, 2.24) is 9.88 Å². The molecule has 1 saturated heterocycles. The first-order chi connectivity index (χ1) is 18.9. The summed E-state index contributed by atoms with van der Waals surface area (Å²) in [5.74, 6) is 1.40. The second-order valence-electron chi connectivity index (χ2n) is 8.94. The molecule has 0 bridgehead atoms. The minimum absolute atomic E-state index is 0.158. The van der Waals surface area contributed by atoms with E-state index in [1.54, 1.807) is 0 Å². The Morgan fingerprint density at radius 1 is 0.974 bits per heavy atom. The summed E-state index contributed by atoms with van der Waals surface area (Å²) in [6, 6.07) is 25.2. The third-order valence-electron chi connectivity index (χ3n) is 6.23. The molecule has 1 aromatic heterocycles. The number of rotatable bonds is 8. The fourth-order valence-electron chi connectivity index (χ4n) is 4.32. The molecule has 2 heterocycles. The van der Waals surface area contributed by atoms with Crippen LogP contribution in [0, 0.1) is 13.8 Å². The number of hydrogen-bond donors (Lipinski definition) is 1. The molecule has 0 spiro atoms. The number of amidine groups is 1. The monoisotopic (exact) mass is 557 g/mol. The van der Waals surface area contributed by atoms with E-state index < -0.39 is 0 Å². The predicted molar refractivity (Wildman–Crippen MR) is 159 cm³/mol. The van der Waals surface area contributed by atoms with E-state index in [4.69, 9.17) is 21.1 Å². The lowest BCUT2D eigenvalue weighted by Gasteiger charge is -2.12. The highest BCUT2D eigenvalue weighted by molar-refractivity contribution is 8.18. The van der Waals surface area contributed by atoms with Gasteiger partial charge < -0.3 is 19.4 Å². The Labute approximate surface area is 237 Å². The Morgan fingerprint density at radius 2 is 1.67 bits per heavy atom. The van der Waals surface area contributed by atoms with Crippen LogP contribution in [0.3, 0.4) is 0 Å². The van der Waals surface area contributed by atoms with Crippen LogP contribution in [0.1, 0.15) is 29.4 Å². The fourth-order valence-corrected chi connectivity index (χ4v) is 5.34. The second-order valence-corrected chi connectivity index (χ2v) is 10.4. The molecule has 4 aromatic rings. The normalized spacial score (nSPS) is 15.1. The zero-order chi connectivity index (χ0) is 27.4. The molecular formula is C31H28ClN3O3S. The molecule has 8 heteroatoms. The van der Waals surface area contributed by atoms with Gasteiger partial charge in [-0.25, -0.2) is 4.99 Å². The van der Waals surface area contributed by atoms with Crippen molar-refractivity contribution in [2.75, 3.05) is 6.61 Å². The summed E-state index contributed by atoms with van der Waals surface area (Å²) in [6.45, 7) is 7.06. The molecule has 6 nitrogen and oxygen atoms in total. The summed E-state index contributed by atoms with van der Waals surface area (Å²) < 4.78 is 13.6.